The number of hydrogen-bond donors (Lipinski definition) is 2. The average molecular weight is 399 g/mol. The molecule has 5 heteroatoms. The Morgan fingerprint density at radius 3 is 2.17 bits per heavy atom. The number of benzene rings is 3. The van der Waals surface area contributed by atoms with E-state index in [-0.39, 0.29) is 39.7 Å². The zero-order chi connectivity index (χ0) is 21.3. The topological polar surface area (TPSA) is 89.6 Å². The number of aromatic hydroxyl groups is 1. The van der Waals surface area contributed by atoms with Crippen molar-refractivity contribution >= 4 is 17.3 Å². The highest BCUT2D eigenvalue weighted by Crippen LogP contribution is 2.43. The summed E-state index contributed by atoms with van der Waals surface area (Å²) in [5.41, 5.74) is 9.41. The van der Waals surface area contributed by atoms with Gasteiger partial charge in [0.25, 0.3) is 0 Å². The van der Waals surface area contributed by atoms with Crippen LogP contribution < -0.4 is 5.73 Å². The van der Waals surface area contributed by atoms with Gasteiger partial charge in [-0.2, -0.15) is 0 Å². The molecule has 0 aromatic heterocycles. The van der Waals surface area contributed by atoms with Gasteiger partial charge in [0, 0.05) is 34.0 Å². The first kappa shape index (κ1) is 19.6. The number of ketones is 2. The van der Waals surface area contributed by atoms with Crippen LogP contribution in [0.1, 0.15) is 37.4 Å². The fourth-order valence-corrected chi connectivity index (χ4v) is 3.92. The highest BCUT2D eigenvalue weighted by atomic mass is 16.5. The van der Waals surface area contributed by atoms with Crippen LogP contribution in [0.25, 0.3) is 11.1 Å². The second-order valence-corrected chi connectivity index (χ2v) is 7.08. The second kappa shape index (κ2) is 7.97. The lowest BCUT2D eigenvalue weighted by Gasteiger charge is -2.23. The Morgan fingerprint density at radius 1 is 0.900 bits per heavy atom. The number of fused-ring (bicyclic) bond motifs is 2. The van der Waals surface area contributed by atoms with E-state index in [9.17, 15) is 14.7 Å². The largest absolute Gasteiger partial charge is 0.507 e. The first-order chi connectivity index (χ1) is 14.5. The number of anilines is 1. The molecule has 0 saturated carbocycles. The van der Waals surface area contributed by atoms with Crippen molar-refractivity contribution in [2.75, 3.05) is 18.9 Å². The van der Waals surface area contributed by atoms with E-state index in [4.69, 9.17) is 10.5 Å². The zero-order valence-electron chi connectivity index (χ0n) is 16.4. The fourth-order valence-electron chi connectivity index (χ4n) is 3.92. The molecule has 0 saturated heterocycles. The molecule has 3 aromatic carbocycles. The van der Waals surface area contributed by atoms with Crippen LogP contribution in [0.3, 0.4) is 0 Å². The van der Waals surface area contributed by atoms with Gasteiger partial charge >= 0.3 is 0 Å². The molecule has 0 unspecified atom stereocenters. The van der Waals surface area contributed by atoms with Crippen molar-refractivity contribution in [2.24, 2.45) is 0 Å². The summed E-state index contributed by atoms with van der Waals surface area (Å²) in [6, 6.07) is 15.5. The molecule has 1 aliphatic rings. The van der Waals surface area contributed by atoms with Crippen molar-refractivity contribution in [1.82, 2.24) is 0 Å². The summed E-state index contributed by atoms with van der Waals surface area (Å²) in [4.78, 5) is 26.5. The third-order valence-electron chi connectivity index (χ3n) is 5.25. The predicted octanol–water partition coefficient (Wildman–Crippen LogP) is 4.16. The SMILES string of the molecule is C=CCOCCc1ccccc1-c1c(N)cc(O)c2c1C(=O)c1ccccc1C2=O. The minimum Gasteiger partial charge on any atom is -0.507 e. The van der Waals surface area contributed by atoms with Crippen molar-refractivity contribution in [3.63, 3.8) is 0 Å². The maximum absolute atomic E-state index is 13.4. The lowest BCUT2D eigenvalue weighted by Crippen LogP contribution is -2.22. The molecule has 0 atom stereocenters. The average Bonchev–Trinajstić information content (AvgIpc) is 2.75. The van der Waals surface area contributed by atoms with Gasteiger partial charge in [-0.1, -0.05) is 54.6 Å². The van der Waals surface area contributed by atoms with Crippen molar-refractivity contribution in [3.05, 3.63) is 95.1 Å². The van der Waals surface area contributed by atoms with Crippen LogP contribution in [-0.2, 0) is 11.2 Å². The minimum absolute atomic E-state index is 0.000565. The van der Waals surface area contributed by atoms with Gasteiger partial charge in [-0.05, 0) is 17.5 Å². The number of phenols is 1. The maximum Gasteiger partial charge on any atom is 0.198 e. The van der Waals surface area contributed by atoms with Crippen LogP contribution >= 0.6 is 0 Å². The van der Waals surface area contributed by atoms with Gasteiger partial charge < -0.3 is 15.6 Å². The van der Waals surface area contributed by atoms with Gasteiger partial charge in [0.1, 0.15) is 5.75 Å². The van der Waals surface area contributed by atoms with Crippen LogP contribution in [0.4, 0.5) is 5.69 Å². The molecule has 0 fully saturated rings. The van der Waals surface area contributed by atoms with Crippen molar-refractivity contribution < 1.29 is 19.4 Å². The predicted molar refractivity (Wildman–Crippen MR) is 116 cm³/mol. The molecule has 3 aromatic rings. The number of rotatable bonds is 6. The summed E-state index contributed by atoms with van der Waals surface area (Å²) in [7, 11) is 0. The molecular formula is C25H21NO4. The van der Waals surface area contributed by atoms with Crippen LogP contribution in [0.2, 0.25) is 0 Å². The molecule has 30 heavy (non-hydrogen) atoms. The van der Waals surface area contributed by atoms with E-state index in [0.717, 1.165) is 11.1 Å². The van der Waals surface area contributed by atoms with Crippen LogP contribution in [0.15, 0.2) is 67.3 Å². The van der Waals surface area contributed by atoms with E-state index in [1.807, 2.05) is 24.3 Å². The number of hydrogen-bond acceptors (Lipinski definition) is 5. The molecule has 0 bridgehead atoms. The number of carbonyl (C=O) groups is 2. The van der Waals surface area contributed by atoms with Crippen LogP contribution in [-0.4, -0.2) is 29.9 Å². The minimum atomic E-state index is -0.384. The number of phenolic OH excluding ortho intramolecular Hbond substituents is 1. The van der Waals surface area contributed by atoms with Crippen LogP contribution in [0.5, 0.6) is 5.75 Å². The summed E-state index contributed by atoms with van der Waals surface area (Å²) in [5.74, 6) is -0.993. The van der Waals surface area contributed by atoms with Gasteiger partial charge in [-0.3, -0.25) is 9.59 Å². The summed E-state index contributed by atoms with van der Waals surface area (Å²) >= 11 is 0. The lowest BCUT2D eigenvalue weighted by atomic mass is 9.78. The van der Waals surface area contributed by atoms with E-state index in [2.05, 4.69) is 6.58 Å². The molecule has 0 aliphatic heterocycles. The maximum atomic E-state index is 13.4. The molecule has 150 valence electrons. The Labute approximate surface area is 174 Å². The number of nitrogens with two attached hydrogens (primary N) is 1. The molecule has 1 aliphatic carbocycles. The third-order valence-corrected chi connectivity index (χ3v) is 5.25. The molecule has 0 radical (unpaired) electrons. The molecule has 3 N–H and O–H groups in total. The van der Waals surface area contributed by atoms with Gasteiger partial charge in [0.05, 0.1) is 18.8 Å². The van der Waals surface area contributed by atoms with Crippen LogP contribution in [0, 0.1) is 0 Å². The lowest BCUT2D eigenvalue weighted by molar-refractivity contribution is 0.0977. The molecule has 0 heterocycles. The highest BCUT2D eigenvalue weighted by molar-refractivity contribution is 6.32. The fraction of sp³-hybridized carbons (Fsp3) is 0.120. The first-order valence-corrected chi connectivity index (χ1v) is 9.65. The number of ether oxygens (including phenoxy) is 1. The van der Waals surface area contributed by atoms with E-state index in [0.29, 0.717) is 30.8 Å². The van der Waals surface area contributed by atoms with Gasteiger partial charge in [0.15, 0.2) is 11.6 Å². The summed E-state index contributed by atoms with van der Waals surface area (Å²) in [6.45, 7) is 4.56. The summed E-state index contributed by atoms with van der Waals surface area (Å²) in [6.07, 6.45) is 2.28. The molecule has 5 nitrogen and oxygen atoms in total. The van der Waals surface area contributed by atoms with Crippen molar-refractivity contribution in [2.45, 2.75) is 6.42 Å². The molecule has 0 amide bonds. The Kier molecular flexibility index (Phi) is 5.21. The quantitative estimate of drug-likeness (QED) is 0.289. The standard InChI is InChI=1S/C25H21NO4/c1-2-12-30-13-11-15-7-3-4-8-16(15)21-19(26)14-20(27)22-23(21)25(29)18-10-6-5-9-17(18)24(22)28/h2-10,14,27H,1,11-13,26H2. The Hall–Kier alpha value is -3.70. The third kappa shape index (κ3) is 3.19. The molecule has 0 spiro atoms. The van der Waals surface area contributed by atoms with E-state index >= 15 is 0 Å². The Balaban J connectivity index is 1.91. The number of carbonyl (C=O) groups excluding carboxylic acids is 2. The Morgan fingerprint density at radius 2 is 1.50 bits per heavy atom. The molecular weight excluding hydrogens is 378 g/mol. The molecule has 4 rings (SSSR count). The monoisotopic (exact) mass is 399 g/mol. The van der Waals surface area contributed by atoms with E-state index < -0.39 is 0 Å². The summed E-state index contributed by atoms with van der Waals surface area (Å²) in [5, 5.41) is 10.5. The van der Waals surface area contributed by atoms with Gasteiger partial charge in [-0.15, -0.1) is 6.58 Å². The summed E-state index contributed by atoms with van der Waals surface area (Å²) < 4.78 is 5.51. The van der Waals surface area contributed by atoms with Gasteiger partial charge in [0.2, 0.25) is 0 Å². The zero-order valence-corrected chi connectivity index (χ0v) is 16.4. The first-order valence-electron chi connectivity index (χ1n) is 9.65. The van der Waals surface area contributed by atoms with Crippen molar-refractivity contribution in [1.29, 1.82) is 0 Å². The van der Waals surface area contributed by atoms with E-state index in [1.165, 1.54) is 6.07 Å². The van der Waals surface area contributed by atoms with E-state index in [1.54, 1.807) is 30.3 Å². The normalized spacial score (nSPS) is 12.4. The van der Waals surface area contributed by atoms with Crippen molar-refractivity contribution in [3.8, 4) is 16.9 Å². The smallest absolute Gasteiger partial charge is 0.198 e. The highest BCUT2D eigenvalue weighted by Gasteiger charge is 2.35. The van der Waals surface area contributed by atoms with Gasteiger partial charge in [-0.25, -0.2) is 0 Å². The Bertz CT molecular complexity index is 1180. The number of nitrogen functional groups attached to an aromatic ring is 1. The second-order valence-electron chi connectivity index (χ2n) is 7.08.